The van der Waals surface area contributed by atoms with E-state index in [-0.39, 0.29) is 12.5 Å². The third-order valence-electron chi connectivity index (χ3n) is 5.98. The van der Waals surface area contributed by atoms with E-state index in [2.05, 4.69) is 4.98 Å². The van der Waals surface area contributed by atoms with Gasteiger partial charge in [-0.2, -0.15) is 0 Å². The lowest BCUT2D eigenvalue weighted by Gasteiger charge is -2.35. The Bertz CT molecular complexity index is 1280. The number of hydrogen-bond donors (Lipinski definition) is 1. The number of aromatic nitrogens is 1. The minimum absolute atomic E-state index is 0.115. The van der Waals surface area contributed by atoms with Crippen molar-refractivity contribution in [2.45, 2.75) is 6.61 Å². The van der Waals surface area contributed by atoms with E-state index in [0.29, 0.717) is 53.8 Å². The molecule has 2 aromatic carbocycles. The number of nitrogens with zero attached hydrogens (tertiary/aromatic N) is 4. The first kappa shape index (κ1) is 25.2. The van der Waals surface area contributed by atoms with Crippen molar-refractivity contribution in [3.8, 4) is 11.1 Å². The highest BCUT2D eigenvalue weighted by atomic mass is 35.5. The molecule has 0 saturated carbocycles. The van der Waals surface area contributed by atoms with Crippen molar-refractivity contribution < 1.29 is 18.7 Å². The normalized spacial score (nSPS) is 13.4. The average Bonchev–Trinajstić information content (AvgIpc) is 2.87. The van der Waals surface area contributed by atoms with E-state index in [1.165, 1.54) is 11.0 Å². The Labute approximate surface area is 214 Å². The number of benzene rings is 2. The Hall–Kier alpha value is -3.85. The van der Waals surface area contributed by atoms with Crippen molar-refractivity contribution in [2.75, 3.05) is 50.9 Å². The molecule has 1 aliphatic heterocycles. The third-order valence-corrected chi connectivity index (χ3v) is 6.29. The number of anilines is 2. The highest BCUT2D eigenvalue weighted by Crippen LogP contribution is 2.30. The number of piperazine rings is 1. The van der Waals surface area contributed by atoms with E-state index < -0.39 is 11.9 Å². The quantitative estimate of drug-likeness (QED) is 0.549. The van der Waals surface area contributed by atoms with Crippen LogP contribution in [-0.4, -0.2) is 67.1 Å². The number of hydrogen-bond acceptors (Lipinski definition) is 6. The van der Waals surface area contributed by atoms with Gasteiger partial charge < -0.3 is 25.2 Å². The van der Waals surface area contributed by atoms with Gasteiger partial charge in [0.2, 0.25) is 0 Å². The summed E-state index contributed by atoms with van der Waals surface area (Å²) in [6, 6.07) is 13.2. The van der Waals surface area contributed by atoms with Gasteiger partial charge in [0.25, 0.3) is 5.91 Å². The number of amides is 2. The van der Waals surface area contributed by atoms with Gasteiger partial charge in [0, 0.05) is 57.6 Å². The molecule has 1 fully saturated rings. The molecule has 0 bridgehead atoms. The SMILES string of the molecule is CN(C)C(=O)c1ccc(-c2cnc(N3CCN(C(=O)OCc4ccccc4F)CC3)c(N)c2)cc1Cl. The Kier molecular flexibility index (Phi) is 7.59. The zero-order valence-electron chi connectivity index (χ0n) is 20.1. The zero-order valence-corrected chi connectivity index (χ0v) is 20.8. The van der Waals surface area contributed by atoms with Gasteiger partial charge in [-0.3, -0.25) is 4.79 Å². The van der Waals surface area contributed by atoms with Crippen LogP contribution in [0.25, 0.3) is 11.1 Å². The lowest BCUT2D eigenvalue weighted by Crippen LogP contribution is -2.49. The number of carbonyl (C=O) groups excluding carboxylic acids is 2. The molecule has 3 aromatic rings. The number of ether oxygens (including phenoxy) is 1. The van der Waals surface area contributed by atoms with Gasteiger partial charge in [-0.05, 0) is 29.8 Å². The summed E-state index contributed by atoms with van der Waals surface area (Å²) in [6.45, 7) is 1.79. The van der Waals surface area contributed by atoms with Crippen LogP contribution in [0.2, 0.25) is 5.02 Å². The summed E-state index contributed by atoms with van der Waals surface area (Å²) in [7, 11) is 3.34. The van der Waals surface area contributed by atoms with Crippen LogP contribution in [0, 0.1) is 5.82 Å². The predicted molar refractivity (Wildman–Crippen MR) is 137 cm³/mol. The van der Waals surface area contributed by atoms with Crippen LogP contribution in [-0.2, 0) is 11.3 Å². The molecule has 0 spiro atoms. The first-order chi connectivity index (χ1) is 17.2. The molecule has 2 amide bonds. The van der Waals surface area contributed by atoms with Crippen molar-refractivity contribution >= 4 is 35.1 Å². The molecule has 0 unspecified atom stereocenters. The molecule has 2 heterocycles. The number of halogens is 2. The molecule has 0 aliphatic carbocycles. The minimum atomic E-state index is -0.484. The summed E-state index contributed by atoms with van der Waals surface area (Å²) in [5, 5.41) is 0.354. The van der Waals surface area contributed by atoms with Crippen molar-refractivity contribution in [2.24, 2.45) is 0 Å². The molecular weight excluding hydrogens is 485 g/mol. The van der Waals surface area contributed by atoms with Gasteiger partial charge >= 0.3 is 6.09 Å². The van der Waals surface area contributed by atoms with Gasteiger partial charge in [0.05, 0.1) is 16.3 Å². The summed E-state index contributed by atoms with van der Waals surface area (Å²) in [5.74, 6) is 0.0544. The van der Waals surface area contributed by atoms with Crippen LogP contribution < -0.4 is 10.6 Å². The zero-order chi connectivity index (χ0) is 25.8. The maximum atomic E-state index is 13.7. The van der Waals surface area contributed by atoms with E-state index in [1.807, 2.05) is 17.0 Å². The van der Waals surface area contributed by atoms with Crippen molar-refractivity contribution in [1.29, 1.82) is 0 Å². The monoisotopic (exact) mass is 511 g/mol. The number of nitrogens with two attached hydrogens (primary N) is 1. The van der Waals surface area contributed by atoms with Crippen LogP contribution in [0.5, 0.6) is 0 Å². The van der Waals surface area contributed by atoms with Gasteiger partial charge in [0.15, 0.2) is 5.82 Å². The molecule has 8 nitrogen and oxygen atoms in total. The first-order valence-electron chi connectivity index (χ1n) is 11.4. The first-order valence-corrected chi connectivity index (χ1v) is 11.8. The molecule has 4 rings (SSSR count). The number of nitrogen functional groups attached to an aromatic ring is 1. The predicted octanol–water partition coefficient (Wildman–Crippen LogP) is 4.28. The molecule has 188 valence electrons. The highest BCUT2D eigenvalue weighted by Gasteiger charge is 2.24. The van der Waals surface area contributed by atoms with Gasteiger partial charge in [-0.15, -0.1) is 0 Å². The standard InChI is InChI=1S/C26H27ClFN5O3/c1-31(2)25(34)20-8-7-17(13-21(20)27)19-14-23(29)24(30-15-19)32-9-11-33(12-10-32)26(35)36-16-18-5-3-4-6-22(18)28/h3-8,13-15H,9-12,16,29H2,1-2H3. The van der Waals surface area contributed by atoms with Crippen molar-refractivity contribution in [3.05, 3.63) is 76.7 Å². The van der Waals surface area contributed by atoms with E-state index in [1.54, 1.807) is 55.5 Å². The van der Waals surface area contributed by atoms with Gasteiger partial charge in [-0.1, -0.05) is 35.9 Å². The lowest BCUT2D eigenvalue weighted by molar-refractivity contribution is 0.0827. The van der Waals surface area contributed by atoms with Crippen LogP contribution in [0.1, 0.15) is 15.9 Å². The minimum Gasteiger partial charge on any atom is -0.444 e. The molecule has 1 aromatic heterocycles. The Morgan fingerprint density at radius 3 is 2.44 bits per heavy atom. The molecule has 0 atom stereocenters. The van der Waals surface area contributed by atoms with Crippen molar-refractivity contribution in [1.82, 2.24) is 14.8 Å². The fraction of sp³-hybridized carbons (Fsp3) is 0.269. The summed E-state index contributed by atoms with van der Waals surface area (Å²) in [4.78, 5) is 34.3. The van der Waals surface area contributed by atoms with E-state index in [9.17, 15) is 14.0 Å². The summed E-state index contributed by atoms with van der Waals surface area (Å²) in [5.41, 5.74) is 9.15. The Morgan fingerprint density at radius 1 is 1.08 bits per heavy atom. The topological polar surface area (TPSA) is 92.0 Å². The maximum absolute atomic E-state index is 13.7. The summed E-state index contributed by atoms with van der Waals surface area (Å²) >= 11 is 6.35. The molecule has 1 saturated heterocycles. The Morgan fingerprint density at radius 2 is 1.81 bits per heavy atom. The van der Waals surface area contributed by atoms with Crippen LogP contribution in [0.3, 0.4) is 0 Å². The second-order valence-corrected chi connectivity index (χ2v) is 9.06. The van der Waals surface area contributed by atoms with Crippen molar-refractivity contribution in [3.63, 3.8) is 0 Å². The fourth-order valence-electron chi connectivity index (χ4n) is 3.95. The van der Waals surface area contributed by atoms with E-state index >= 15 is 0 Å². The molecule has 36 heavy (non-hydrogen) atoms. The second kappa shape index (κ2) is 10.8. The number of rotatable bonds is 5. The molecule has 10 heteroatoms. The smallest absolute Gasteiger partial charge is 0.410 e. The summed E-state index contributed by atoms with van der Waals surface area (Å²) < 4.78 is 19.0. The average molecular weight is 512 g/mol. The Balaban J connectivity index is 1.37. The molecular formula is C26H27ClFN5O3. The lowest BCUT2D eigenvalue weighted by atomic mass is 10.0. The van der Waals surface area contributed by atoms with Gasteiger partial charge in [0.1, 0.15) is 12.4 Å². The van der Waals surface area contributed by atoms with Crippen LogP contribution in [0.4, 0.5) is 20.7 Å². The third kappa shape index (κ3) is 5.52. The molecule has 0 radical (unpaired) electrons. The highest BCUT2D eigenvalue weighted by molar-refractivity contribution is 6.34. The fourth-order valence-corrected chi connectivity index (χ4v) is 4.21. The molecule has 1 aliphatic rings. The second-order valence-electron chi connectivity index (χ2n) is 8.65. The summed E-state index contributed by atoms with van der Waals surface area (Å²) in [6.07, 6.45) is 1.22. The van der Waals surface area contributed by atoms with Gasteiger partial charge in [-0.25, -0.2) is 14.2 Å². The van der Waals surface area contributed by atoms with E-state index in [0.717, 1.165) is 11.1 Å². The number of pyridine rings is 1. The molecule has 2 N–H and O–H groups in total. The maximum Gasteiger partial charge on any atom is 0.410 e. The largest absolute Gasteiger partial charge is 0.444 e. The van der Waals surface area contributed by atoms with Crippen LogP contribution >= 0.6 is 11.6 Å². The van der Waals surface area contributed by atoms with E-state index in [4.69, 9.17) is 22.1 Å². The van der Waals surface area contributed by atoms with Crippen LogP contribution in [0.15, 0.2) is 54.7 Å². The number of carbonyl (C=O) groups is 2.